The maximum Gasteiger partial charge on any atom is 0.251 e. The molecule has 6 heteroatoms. The molecule has 0 saturated carbocycles. The summed E-state index contributed by atoms with van der Waals surface area (Å²) in [6.45, 7) is 4.26. The Balaban J connectivity index is 2.08. The van der Waals surface area contributed by atoms with Gasteiger partial charge in [-0.2, -0.15) is 0 Å². The maximum atomic E-state index is 11.8. The number of halogens is 1. The van der Waals surface area contributed by atoms with Crippen LogP contribution in [0.25, 0.3) is 22.4 Å². The van der Waals surface area contributed by atoms with Crippen molar-refractivity contribution in [3.63, 3.8) is 0 Å². The van der Waals surface area contributed by atoms with E-state index in [1.54, 1.807) is 38.6 Å². The summed E-state index contributed by atoms with van der Waals surface area (Å²) < 4.78 is 11.4. The highest BCUT2D eigenvalue weighted by Gasteiger charge is 2.18. The lowest BCUT2D eigenvalue weighted by Gasteiger charge is -2.08. The SMILES string of the molecule is CNC(=O)c1ccc(-c2cc3ncc(CC(C)C)c(Cl)c3o2)c(OC)c1. The van der Waals surface area contributed by atoms with Gasteiger partial charge in [-0.25, -0.2) is 0 Å². The second kappa shape index (κ2) is 7.38. The molecule has 3 rings (SSSR count). The number of carbonyl (C=O) groups excluding carboxylic acids is 1. The van der Waals surface area contributed by atoms with Gasteiger partial charge in [-0.1, -0.05) is 25.4 Å². The average molecular weight is 373 g/mol. The molecule has 0 spiro atoms. The summed E-state index contributed by atoms with van der Waals surface area (Å²) >= 11 is 6.53. The highest BCUT2D eigenvalue weighted by atomic mass is 35.5. The van der Waals surface area contributed by atoms with Gasteiger partial charge in [0.25, 0.3) is 5.91 Å². The molecule has 2 heterocycles. The Hall–Kier alpha value is -2.53. The van der Waals surface area contributed by atoms with E-state index in [0.717, 1.165) is 17.5 Å². The molecule has 1 aromatic carbocycles. The van der Waals surface area contributed by atoms with Gasteiger partial charge in [-0.3, -0.25) is 9.78 Å². The average Bonchev–Trinajstić information content (AvgIpc) is 3.07. The standard InChI is InChI=1S/C20H21ClN2O3/c1-11(2)7-13-10-23-15-9-17(26-19(15)18(13)21)14-6-5-12(20(24)22-3)8-16(14)25-4/h5-6,8-11H,7H2,1-4H3,(H,22,24). The van der Waals surface area contributed by atoms with E-state index in [4.69, 9.17) is 20.8 Å². The summed E-state index contributed by atoms with van der Waals surface area (Å²) in [6.07, 6.45) is 2.64. The molecule has 0 saturated heterocycles. The second-order valence-corrected chi connectivity index (χ2v) is 6.89. The van der Waals surface area contributed by atoms with Gasteiger partial charge in [-0.05, 0) is 36.1 Å². The highest BCUT2D eigenvalue weighted by molar-refractivity contribution is 6.35. The number of ether oxygens (including phenoxy) is 1. The quantitative estimate of drug-likeness (QED) is 0.704. The van der Waals surface area contributed by atoms with E-state index >= 15 is 0 Å². The minimum Gasteiger partial charge on any atom is -0.496 e. The molecule has 2 aromatic heterocycles. The van der Waals surface area contributed by atoms with Gasteiger partial charge >= 0.3 is 0 Å². The van der Waals surface area contributed by atoms with Crippen molar-refractivity contribution in [1.82, 2.24) is 10.3 Å². The first-order chi connectivity index (χ1) is 12.4. The van der Waals surface area contributed by atoms with Crippen LogP contribution >= 0.6 is 11.6 Å². The number of amides is 1. The summed E-state index contributed by atoms with van der Waals surface area (Å²) in [5, 5.41) is 3.19. The molecule has 0 aliphatic carbocycles. The molecule has 1 amide bonds. The number of hydrogen-bond acceptors (Lipinski definition) is 4. The van der Waals surface area contributed by atoms with Gasteiger partial charge in [0, 0.05) is 24.9 Å². The number of hydrogen-bond donors (Lipinski definition) is 1. The lowest BCUT2D eigenvalue weighted by Crippen LogP contribution is -2.17. The van der Waals surface area contributed by atoms with Gasteiger partial charge in [0.15, 0.2) is 5.58 Å². The predicted molar refractivity (Wildman–Crippen MR) is 103 cm³/mol. The smallest absolute Gasteiger partial charge is 0.251 e. The molecule has 0 fully saturated rings. The minimum atomic E-state index is -0.178. The molecule has 0 unspecified atom stereocenters. The normalized spacial score (nSPS) is 11.2. The lowest BCUT2D eigenvalue weighted by atomic mass is 10.0. The Morgan fingerprint density at radius 3 is 2.77 bits per heavy atom. The lowest BCUT2D eigenvalue weighted by molar-refractivity contribution is 0.0962. The number of rotatable bonds is 5. The van der Waals surface area contributed by atoms with Crippen molar-refractivity contribution in [1.29, 1.82) is 0 Å². The second-order valence-electron chi connectivity index (χ2n) is 6.51. The third-order valence-corrected chi connectivity index (χ3v) is 4.55. The van der Waals surface area contributed by atoms with Crippen molar-refractivity contribution in [3.8, 4) is 17.1 Å². The van der Waals surface area contributed by atoms with Crippen LogP contribution in [0.5, 0.6) is 5.75 Å². The van der Waals surface area contributed by atoms with Crippen LogP contribution in [0, 0.1) is 5.92 Å². The Morgan fingerprint density at radius 2 is 2.12 bits per heavy atom. The van der Waals surface area contributed by atoms with E-state index in [1.807, 2.05) is 6.07 Å². The molecule has 0 radical (unpaired) electrons. The maximum absolute atomic E-state index is 11.8. The molecule has 3 aromatic rings. The van der Waals surface area contributed by atoms with Gasteiger partial charge in [0.2, 0.25) is 0 Å². The highest BCUT2D eigenvalue weighted by Crippen LogP contribution is 2.37. The van der Waals surface area contributed by atoms with Crippen LogP contribution in [0.1, 0.15) is 29.8 Å². The molecule has 1 N–H and O–H groups in total. The van der Waals surface area contributed by atoms with E-state index in [1.165, 1.54) is 0 Å². The van der Waals surface area contributed by atoms with Crippen molar-refractivity contribution in [2.24, 2.45) is 5.92 Å². The van der Waals surface area contributed by atoms with Crippen LogP contribution in [0.3, 0.4) is 0 Å². The predicted octanol–water partition coefficient (Wildman–Crippen LogP) is 4.71. The number of methoxy groups -OCH3 is 1. The van der Waals surface area contributed by atoms with Crippen molar-refractivity contribution in [3.05, 3.63) is 46.6 Å². The molecule has 136 valence electrons. The summed E-state index contributed by atoms with van der Waals surface area (Å²) in [4.78, 5) is 16.3. The Kier molecular flexibility index (Phi) is 5.18. The zero-order valence-electron chi connectivity index (χ0n) is 15.2. The number of carbonyl (C=O) groups is 1. The topological polar surface area (TPSA) is 64.4 Å². The van der Waals surface area contributed by atoms with Gasteiger partial charge in [0.1, 0.15) is 17.0 Å². The van der Waals surface area contributed by atoms with Crippen LogP contribution in [0.2, 0.25) is 5.02 Å². The Bertz CT molecular complexity index is 963. The molecule has 26 heavy (non-hydrogen) atoms. The summed E-state index contributed by atoms with van der Waals surface area (Å²) in [5.41, 5.74) is 3.48. The van der Waals surface area contributed by atoms with Crippen molar-refractivity contribution >= 4 is 28.6 Å². The van der Waals surface area contributed by atoms with E-state index in [-0.39, 0.29) is 5.91 Å². The van der Waals surface area contributed by atoms with E-state index < -0.39 is 0 Å². The van der Waals surface area contributed by atoms with E-state index in [9.17, 15) is 4.79 Å². The first kappa shape index (κ1) is 18.3. The fourth-order valence-corrected chi connectivity index (χ4v) is 3.14. The van der Waals surface area contributed by atoms with Gasteiger partial charge in [-0.15, -0.1) is 0 Å². The summed E-state index contributed by atoms with van der Waals surface area (Å²) in [5.74, 6) is 1.43. The van der Waals surface area contributed by atoms with Crippen molar-refractivity contribution < 1.29 is 13.9 Å². The fourth-order valence-electron chi connectivity index (χ4n) is 2.88. The Labute approximate surface area is 157 Å². The first-order valence-electron chi connectivity index (χ1n) is 8.42. The third kappa shape index (κ3) is 3.40. The van der Waals surface area contributed by atoms with Gasteiger partial charge in [0.05, 0.1) is 17.7 Å². The number of pyridine rings is 1. The van der Waals surface area contributed by atoms with Crippen LogP contribution < -0.4 is 10.1 Å². The van der Waals surface area contributed by atoms with Crippen molar-refractivity contribution in [2.75, 3.05) is 14.2 Å². The van der Waals surface area contributed by atoms with E-state index in [2.05, 4.69) is 24.1 Å². The summed E-state index contributed by atoms with van der Waals surface area (Å²) in [6, 6.07) is 7.03. The zero-order chi connectivity index (χ0) is 18.8. The van der Waals surface area contributed by atoms with E-state index in [0.29, 0.717) is 39.1 Å². The fraction of sp³-hybridized carbons (Fsp3) is 0.300. The number of furan rings is 1. The Morgan fingerprint density at radius 1 is 1.35 bits per heavy atom. The molecule has 0 aliphatic rings. The molecular formula is C20H21ClN2O3. The molecule has 0 atom stereocenters. The number of fused-ring (bicyclic) bond motifs is 1. The van der Waals surface area contributed by atoms with Gasteiger partial charge < -0.3 is 14.5 Å². The first-order valence-corrected chi connectivity index (χ1v) is 8.79. The number of nitrogens with one attached hydrogen (secondary N) is 1. The van der Waals surface area contributed by atoms with Crippen LogP contribution in [0.4, 0.5) is 0 Å². The van der Waals surface area contributed by atoms with Crippen LogP contribution in [0.15, 0.2) is 34.9 Å². The van der Waals surface area contributed by atoms with Crippen LogP contribution in [-0.4, -0.2) is 25.0 Å². The number of nitrogens with zero attached hydrogens (tertiary/aromatic N) is 1. The third-order valence-electron chi connectivity index (χ3n) is 4.14. The monoisotopic (exact) mass is 372 g/mol. The number of benzene rings is 1. The molecular weight excluding hydrogens is 352 g/mol. The molecule has 5 nitrogen and oxygen atoms in total. The van der Waals surface area contributed by atoms with Crippen molar-refractivity contribution in [2.45, 2.75) is 20.3 Å². The molecule has 0 aliphatic heterocycles. The van der Waals surface area contributed by atoms with Crippen LogP contribution in [-0.2, 0) is 6.42 Å². The number of aromatic nitrogens is 1. The minimum absolute atomic E-state index is 0.178. The summed E-state index contributed by atoms with van der Waals surface area (Å²) in [7, 11) is 3.14. The molecule has 0 bridgehead atoms. The largest absolute Gasteiger partial charge is 0.496 e. The zero-order valence-corrected chi connectivity index (χ0v) is 16.0.